The zero-order valence-corrected chi connectivity index (χ0v) is 17.8. The van der Waals surface area contributed by atoms with Crippen LogP contribution >= 0.6 is 11.6 Å². The van der Waals surface area contributed by atoms with Crippen molar-refractivity contribution in [2.45, 2.75) is 11.9 Å². The summed E-state index contributed by atoms with van der Waals surface area (Å²) >= 11 is 5.79. The summed E-state index contributed by atoms with van der Waals surface area (Å²) in [7, 11) is -2.96. The van der Waals surface area contributed by atoms with Gasteiger partial charge in [0.15, 0.2) is 0 Å². The second-order valence-electron chi connectivity index (χ2n) is 6.84. The van der Waals surface area contributed by atoms with Gasteiger partial charge in [-0.1, -0.05) is 16.8 Å². The number of alkyl halides is 3. The zero-order valence-electron chi connectivity index (χ0n) is 16.2. The highest BCUT2D eigenvalue weighted by molar-refractivity contribution is 7.92. The lowest BCUT2D eigenvalue weighted by molar-refractivity contribution is -0.159. The predicted octanol–water partition coefficient (Wildman–Crippen LogP) is 4.49. The average molecular weight is 484 g/mol. The predicted molar refractivity (Wildman–Crippen MR) is 109 cm³/mol. The van der Waals surface area contributed by atoms with E-state index < -0.39 is 27.7 Å². The number of imidazole rings is 1. The fourth-order valence-corrected chi connectivity index (χ4v) is 4.16. The van der Waals surface area contributed by atoms with Crippen LogP contribution in [0, 0.1) is 0 Å². The first-order valence-corrected chi connectivity index (χ1v) is 11.4. The minimum Gasteiger partial charge on any atom is -0.329 e. The molecule has 3 aromatic heterocycles. The molecular weight excluding hydrogens is 471 g/mol. The van der Waals surface area contributed by atoms with Gasteiger partial charge in [0.25, 0.3) is 5.91 Å². The lowest BCUT2D eigenvalue weighted by Gasteiger charge is -2.01. The third-order valence-corrected chi connectivity index (χ3v) is 5.86. The molecule has 0 fully saturated rings. The molecule has 4 aromatic rings. The lowest BCUT2D eigenvalue weighted by atomic mass is 10.2. The molecule has 1 atom stereocenters. The van der Waals surface area contributed by atoms with Crippen molar-refractivity contribution in [2.24, 2.45) is 4.36 Å². The van der Waals surface area contributed by atoms with E-state index in [1.54, 1.807) is 10.6 Å². The maximum absolute atomic E-state index is 12.9. The summed E-state index contributed by atoms with van der Waals surface area (Å²) < 4.78 is 60.5. The van der Waals surface area contributed by atoms with Gasteiger partial charge in [0.2, 0.25) is 5.82 Å². The molecule has 1 amide bonds. The van der Waals surface area contributed by atoms with Gasteiger partial charge in [-0.2, -0.15) is 22.5 Å². The second kappa shape index (κ2) is 8.02. The van der Waals surface area contributed by atoms with E-state index in [-0.39, 0.29) is 22.7 Å². The summed E-state index contributed by atoms with van der Waals surface area (Å²) in [6.45, 7) is 0. The summed E-state index contributed by atoms with van der Waals surface area (Å²) in [5.41, 5.74) is 1.25. The Balaban J connectivity index is 1.58. The van der Waals surface area contributed by atoms with Crippen LogP contribution in [-0.4, -0.2) is 35.9 Å². The first-order valence-electron chi connectivity index (χ1n) is 8.89. The van der Waals surface area contributed by atoms with E-state index in [1.165, 1.54) is 48.9 Å². The van der Waals surface area contributed by atoms with Crippen LogP contribution in [0.4, 0.5) is 13.2 Å². The van der Waals surface area contributed by atoms with Gasteiger partial charge in [0.1, 0.15) is 5.65 Å². The number of pyridine rings is 1. The molecule has 0 saturated heterocycles. The van der Waals surface area contributed by atoms with Gasteiger partial charge in [-0.3, -0.25) is 4.79 Å². The summed E-state index contributed by atoms with van der Waals surface area (Å²) in [6.07, 6.45) is -0.279. The Morgan fingerprint density at radius 1 is 1.22 bits per heavy atom. The van der Waals surface area contributed by atoms with Crippen molar-refractivity contribution in [1.82, 2.24) is 19.5 Å². The number of fused-ring (bicyclic) bond motifs is 1. The van der Waals surface area contributed by atoms with E-state index >= 15 is 0 Å². The first-order chi connectivity index (χ1) is 15.0. The van der Waals surface area contributed by atoms with Crippen LogP contribution in [0.3, 0.4) is 0 Å². The summed E-state index contributed by atoms with van der Waals surface area (Å²) in [5, 5.41) is 3.80. The lowest BCUT2D eigenvalue weighted by Crippen LogP contribution is -2.06. The van der Waals surface area contributed by atoms with Gasteiger partial charge >= 0.3 is 12.1 Å². The number of halogens is 4. The summed E-state index contributed by atoms with van der Waals surface area (Å²) in [4.78, 5) is 20.0. The summed E-state index contributed by atoms with van der Waals surface area (Å²) in [5.74, 6) is -2.44. The van der Waals surface area contributed by atoms with E-state index in [0.717, 1.165) is 0 Å². The standard InChI is InChI=1S/C19H13ClF3N5O3S/c1-32(30,27-17(29)11-2-4-13(20)5-3-11)10-14-9-28-7-6-12(8-15(28)24-14)16-25-18(31-26-16)19(21,22)23/h2-9H,10H2,1H3. The molecule has 0 saturated carbocycles. The van der Waals surface area contributed by atoms with Crippen LogP contribution in [0.2, 0.25) is 5.02 Å². The number of amides is 1. The number of carbonyl (C=O) groups excluding carboxylic acids is 1. The molecule has 0 spiro atoms. The maximum atomic E-state index is 12.9. The Morgan fingerprint density at radius 3 is 2.59 bits per heavy atom. The fraction of sp³-hybridized carbons (Fsp3) is 0.158. The van der Waals surface area contributed by atoms with Gasteiger partial charge in [0, 0.05) is 34.8 Å². The second-order valence-corrected chi connectivity index (χ2v) is 9.67. The number of benzene rings is 1. The van der Waals surface area contributed by atoms with Crippen molar-refractivity contribution in [3.05, 3.63) is 71.0 Å². The largest absolute Gasteiger partial charge is 0.471 e. The van der Waals surface area contributed by atoms with Gasteiger partial charge in [0.05, 0.1) is 21.2 Å². The smallest absolute Gasteiger partial charge is 0.329 e. The number of rotatable bonds is 4. The Labute approximate surface area is 184 Å². The SMILES string of the molecule is CS(=O)(Cc1cn2ccc(-c3noc(C(F)(F)F)n3)cc2n1)=NC(=O)c1ccc(Cl)cc1. The first kappa shape index (κ1) is 22.0. The molecule has 0 aliphatic carbocycles. The molecule has 4 rings (SSSR count). The highest BCUT2D eigenvalue weighted by Gasteiger charge is 2.38. The van der Waals surface area contributed by atoms with Crippen LogP contribution in [0.1, 0.15) is 21.9 Å². The highest BCUT2D eigenvalue weighted by Crippen LogP contribution is 2.29. The molecule has 0 bridgehead atoms. The molecule has 0 aliphatic rings. The van der Waals surface area contributed by atoms with Gasteiger partial charge in [-0.25, -0.2) is 9.19 Å². The molecule has 13 heteroatoms. The molecule has 1 aromatic carbocycles. The molecular formula is C19H13ClF3N5O3S. The Kier molecular flexibility index (Phi) is 5.51. The molecule has 1 unspecified atom stereocenters. The monoisotopic (exact) mass is 483 g/mol. The third-order valence-electron chi connectivity index (χ3n) is 4.22. The van der Waals surface area contributed by atoms with Crippen LogP contribution in [0.5, 0.6) is 0 Å². The van der Waals surface area contributed by atoms with Gasteiger partial charge in [-0.15, -0.1) is 0 Å². The van der Waals surface area contributed by atoms with Crippen LogP contribution in [0.25, 0.3) is 17.0 Å². The van der Waals surface area contributed by atoms with E-state index in [2.05, 4.69) is 24.0 Å². The van der Waals surface area contributed by atoms with Crippen LogP contribution in [-0.2, 0) is 21.7 Å². The van der Waals surface area contributed by atoms with E-state index in [4.69, 9.17) is 11.6 Å². The number of hydrogen-bond donors (Lipinski definition) is 0. The van der Waals surface area contributed by atoms with Crippen molar-refractivity contribution < 1.29 is 26.7 Å². The van der Waals surface area contributed by atoms with Crippen LogP contribution in [0.15, 0.2) is 57.7 Å². The summed E-state index contributed by atoms with van der Waals surface area (Å²) in [6, 6.07) is 8.98. The number of carbonyl (C=O) groups is 1. The zero-order chi connectivity index (χ0) is 23.1. The van der Waals surface area contributed by atoms with Crippen molar-refractivity contribution in [3.8, 4) is 11.4 Å². The molecule has 32 heavy (non-hydrogen) atoms. The Hall–Kier alpha value is -3.25. The van der Waals surface area contributed by atoms with Crippen molar-refractivity contribution in [1.29, 1.82) is 0 Å². The number of aromatic nitrogens is 4. The van der Waals surface area contributed by atoms with E-state index in [0.29, 0.717) is 16.4 Å². The molecule has 0 aliphatic heterocycles. The fourth-order valence-electron chi connectivity index (χ4n) is 2.83. The molecule has 0 N–H and O–H groups in total. The Bertz CT molecular complexity index is 1440. The van der Waals surface area contributed by atoms with Crippen molar-refractivity contribution >= 4 is 32.9 Å². The molecule has 8 nitrogen and oxygen atoms in total. The normalized spacial score (nSPS) is 13.8. The highest BCUT2D eigenvalue weighted by atomic mass is 35.5. The topological polar surface area (TPSA) is 103 Å². The van der Waals surface area contributed by atoms with Gasteiger partial charge in [-0.05, 0) is 36.4 Å². The number of nitrogens with zero attached hydrogens (tertiary/aromatic N) is 5. The third kappa shape index (κ3) is 4.81. The molecule has 3 heterocycles. The quantitative estimate of drug-likeness (QED) is 0.423. The van der Waals surface area contributed by atoms with Crippen molar-refractivity contribution in [3.63, 3.8) is 0 Å². The maximum Gasteiger partial charge on any atom is 0.471 e. The van der Waals surface area contributed by atoms with E-state index in [9.17, 15) is 22.2 Å². The number of hydrogen-bond acceptors (Lipinski definition) is 6. The molecule has 0 radical (unpaired) electrons. The minimum atomic E-state index is -4.75. The molecule has 166 valence electrons. The minimum absolute atomic E-state index is 0.107. The van der Waals surface area contributed by atoms with E-state index in [1.807, 2.05) is 0 Å². The Morgan fingerprint density at radius 2 is 1.94 bits per heavy atom. The van der Waals surface area contributed by atoms with Crippen molar-refractivity contribution in [2.75, 3.05) is 6.26 Å². The average Bonchev–Trinajstić information content (AvgIpc) is 3.33. The van der Waals surface area contributed by atoms with Gasteiger partial charge < -0.3 is 8.92 Å². The van der Waals surface area contributed by atoms with Crippen LogP contribution < -0.4 is 0 Å².